The molecule has 4 aromatic rings. The fourth-order valence-corrected chi connectivity index (χ4v) is 3.09. The Morgan fingerprint density at radius 2 is 1.96 bits per heavy atom. The number of fused-ring (bicyclic) bond motifs is 2. The Morgan fingerprint density at radius 1 is 1.17 bits per heavy atom. The fourth-order valence-electron chi connectivity index (χ4n) is 2.29. The number of hydrogen-bond acceptors (Lipinski definition) is 4. The summed E-state index contributed by atoms with van der Waals surface area (Å²) in [5, 5.41) is 16.8. The second-order valence-electron chi connectivity index (χ2n) is 5.86. The van der Waals surface area contributed by atoms with E-state index in [0.717, 1.165) is 31.7 Å². The molecule has 0 aliphatic rings. The van der Waals surface area contributed by atoms with Crippen LogP contribution in [0.4, 0.5) is 0 Å². The number of benzene rings is 1. The number of nitrogens with one attached hydrogen (secondary N) is 2. The van der Waals surface area contributed by atoms with Gasteiger partial charge in [0.15, 0.2) is 5.82 Å². The van der Waals surface area contributed by atoms with Crippen LogP contribution < -0.4 is 0 Å². The zero-order valence-electron chi connectivity index (χ0n) is 12.6. The number of rotatable bonds is 1. The number of aromatic nitrogens is 4. The molecule has 114 valence electrons. The second kappa shape index (κ2) is 4.95. The minimum atomic E-state index is -0.992. The van der Waals surface area contributed by atoms with Gasteiger partial charge < -0.3 is 15.3 Å². The van der Waals surface area contributed by atoms with Crippen LogP contribution in [0.15, 0.2) is 30.5 Å². The number of thiophene rings is 1. The van der Waals surface area contributed by atoms with E-state index in [1.165, 1.54) is 11.3 Å². The molecule has 23 heavy (non-hydrogen) atoms. The highest BCUT2D eigenvalue weighted by atomic mass is 32.1. The van der Waals surface area contributed by atoms with E-state index in [2.05, 4.69) is 32.0 Å². The first kappa shape index (κ1) is 14.0. The molecular weight excluding hydrogens is 308 g/mol. The molecule has 3 heterocycles. The molecule has 3 N–H and O–H groups in total. The molecule has 0 spiro atoms. The van der Waals surface area contributed by atoms with Crippen LogP contribution in [0, 0.1) is 11.8 Å². The summed E-state index contributed by atoms with van der Waals surface area (Å²) in [6.07, 6.45) is 1.90. The summed E-state index contributed by atoms with van der Waals surface area (Å²) in [5.74, 6) is 6.51. The summed E-state index contributed by atoms with van der Waals surface area (Å²) >= 11 is 1.52. The largest absolute Gasteiger partial charge is 0.378 e. The van der Waals surface area contributed by atoms with Gasteiger partial charge in [-0.3, -0.25) is 0 Å². The molecule has 0 saturated carbocycles. The highest BCUT2D eigenvalue weighted by Gasteiger charge is 2.11. The van der Waals surface area contributed by atoms with Gasteiger partial charge in [0.05, 0.1) is 26.3 Å². The fraction of sp³-hybridized carbons (Fsp3) is 0.176. The van der Waals surface area contributed by atoms with Crippen LogP contribution in [0.5, 0.6) is 0 Å². The van der Waals surface area contributed by atoms with Crippen molar-refractivity contribution in [2.24, 2.45) is 0 Å². The van der Waals surface area contributed by atoms with Crippen molar-refractivity contribution in [1.82, 2.24) is 20.2 Å². The molecule has 0 unspecified atom stereocenters. The Kier molecular flexibility index (Phi) is 3.01. The van der Waals surface area contributed by atoms with Crippen molar-refractivity contribution in [3.63, 3.8) is 0 Å². The van der Waals surface area contributed by atoms with E-state index in [1.807, 2.05) is 30.5 Å². The highest BCUT2D eigenvalue weighted by molar-refractivity contribution is 7.15. The number of aliphatic hydroxyl groups is 1. The molecule has 0 bridgehead atoms. The molecular formula is C17H14N4OS. The highest BCUT2D eigenvalue weighted by Crippen LogP contribution is 2.28. The van der Waals surface area contributed by atoms with E-state index in [-0.39, 0.29) is 0 Å². The maximum atomic E-state index is 9.67. The average Bonchev–Trinajstić information content (AvgIpc) is 3.19. The van der Waals surface area contributed by atoms with Gasteiger partial charge in [-0.25, -0.2) is 9.97 Å². The minimum Gasteiger partial charge on any atom is -0.378 e. The lowest BCUT2D eigenvalue weighted by atomic mass is 10.1. The van der Waals surface area contributed by atoms with Crippen LogP contribution in [0.1, 0.15) is 18.7 Å². The maximum Gasteiger partial charge on any atom is 0.170 e. The van der Waals surface area contributed by atoms with Crippen LogP contribution >= 0.6 is 11.3 Å². The van der Waals surface area contributed by atoms with Gasteiger partial charge >= 0.3 is 0 Å². The van der Waals surface area contributed by atoms with Gasteiger partial charge in [-0.1, -0.05) is 11.8 Å². The lowest BCUT2D eigenvalue weighted by Crippen LogP contribution is -2.14. The zero-order chi connectivity index (χ0) is 16.0. The Balaban J connectivity index is 1.73. The number of imidazole rings is 1. The Labute approximate surface area is 136 Å². The first-order valence-corrected chi connectivity index (χ1v) is 7.99. The van der Waals surface area contributed by atoms with Gasteiger partial charge in [0, 0.05) is 11.6 Å². The van der Waals surface area contributed by atoms with E-state index in [9.17, 15) is 5.11 Å². The topological polar surface area (TPSA) is 77.6 Å². The van der Waals surface area contributed by atoms with E-state index in [4.69, 9.17) is 0 Å². The summed E-state index contributed by atoms with van der Waals surface area (Å²) in [6.45, 7) is 3.33. The van der Waals surface area contributed by atoms with Crippen LogP contribution in [-0.2, 0) is 0 Å². The lowest BCUT2D eigenvalue weighted by Gasteiger charge is -2.05. The Hall–Kier alpha value is -2.62. The predicted molar refractivity (Wildman–Crippen MR) is 92.2 cm³/mol. The summed E-state index contributed by atoms with van der Waals surface area (Å²) in [4.78, 5) is 11.1. The van der Waals surface area contributed by atoms with Gasteiger partial charge in [0.1, 0.15) is 5.60 Å². The molecule has 0 fully saturated rings. The molecule has 0 aliphatic carbocycles. The van der Waals surface area contributed by atoms with Crippen molar-refractivity contribution in [1.29, 1.82) is 0 Å². The van der Waals surface area contributed by atoms with E-state index < -0.39 is 5.60 Å². The molecule has 4 rings (SSSR count). The molecule has 0 saturated heterocycles. The number of H-pyrrole nitrogens is 2. The third-order valence-electron chi connectivity index (χ3n) is 3.35. The maximum absolute atomic E-state index is 9.67. The number of aromatic amines is 2. The van der Waals surface area contributed by atoms with Crippen LogP contribution in [0.2, 0.25) is 0 Å². The van der Waals surface area contributed by atoms with Crippen LogP contribution in [0.25, 0.3) is 32.6 Å². The second-order valence-corrected chi connectivity index (χ2v) is 6.95. The normalized spacial score (nSPS) is 11.8. The first-order valence-electron chi connectivity index (χ1n) is 7.17. The van der Waals surface area contributed by atoms with E-state index >= 15 is 0 Å². The average molecular weight is 322 g/mol. The van der Waals surface area contributed by atoms with Crippen molar-refractivity contribution in [3.05, 3.63) is 35.3 Å². The molecule has 0 radical (unpaired) electrons. The lowest BCUT2D eigenvalue weighted by molar-refractivity contribution is 0.143. The summed E-state index contributed by atoms with van der Waals surface area (Å²) in [6, 6.07) is 7.89. The standard InChI is InChI=1S/C17H14N4OS/c1-17(2,22)6-5-11-3-4-15(23-11)16-19-13-7-10-9-18-21-12(10)8-14(13)20-16/h3-4,7-9,18,21-22H,1-2H3. The predicted octanol–water partition coefficient (Wildman–Crippen LogP) is 3.29. The van der Waals surface area contributed by atoms with Gasteiger partial charge in [0.2, 0.25) is 0 Å². The van der Waals surface area contributed by atoms with Crippen LogP contribution in [0.3, 0.4) is 0 Å². The molecule has 3 aromatic heterocycles. The SMILES string of the molecule is CC(C)(O)C#Cc1ccc(-c2nc3cc4c[nH][nH]c4cc3n2)s1. The van der Waals surface area contributed by atoms with Crippen molar-refractivity contribution in [2.45, 2.75) is 19.4 Å². The van der Waals surface area contributed by atoms with Gasteiger partial charge in [-0.2, -0.15) is 0 Å². The monoisotopic (exact) mass is 322 g/mol. The Morgan fingerprint density at radius 3 is 2.74 bits per heavy atom. The molecule has 1 aromatic carbocycles. The van der Waals surface area contributed by atoms with Crippen molar-refractivity contribution in [3.8, 4) is 22.5 Å². The number of hydrogen-bond donors (Lipinski definition) is 3. The summed E-state index contributed by atoms with van der Waals surface area (Å²) in [7, 11) is 0. The zero-order valence-corrected chi connectivity index (χ0v) is 13.5. The molecule has 0 amide bonds. The van der Waals surface area contributed by atoms with Crippen molar-refractivity contribution < 1.29 is 5.11 Å². The van der Waals surface area contributed by atoms with Gasteiger partial charge in [0.25, 0.3) is 0 Å². The first-order chi connectivity index (χ1) is 11.0. The van der Waals surface area contributed by atoms with Gasteiger partial charge in [-0.05, 0) is 38.1 Å². The minimum absolute atomic E-state index is 0.706. The molecule has 0 atom stereocenters. The summed E-state index contributed by atoms with van der Waals surface area (Å²) < 4.78 is 0. The summed E-state index contributed by atoms with van der Waals surface area (Å²) in [5.41, 5.74) is 1.75. The molecule has 5 nitrogen and oxygen atoms in total. The molecule has 6 heteroatoms. The van der Waals surface area contributed by atoms with Crippen molar-refractivity contribution in [2.75, 3.05) is 0 Å². The van der Waals surface area contributed by atoms with E-state index in [0.29, 0.717) is 5.82 Å². The van der Waals surface area contributed by atoms with Gasteiger partial charge in [-0.15, -0.1) is 11.3 Å². The Bertz CT molecular complexity index is 1020. The molecule has 0 aliphatic heterocycles. The van der Waals surface area contributed by atoms with E-state index in [1.54, 1.807) is 13.8 Å². The van der Waals surface area contributed by atoms with Crippen molar-refractivity contribution >= 4 is 33.3 Å². The smallest absolute Gasteiger partial charge is 0.170 e. The number of nitrogens with zero attached hydrogens (tertiary/aromatic N) is 2. The quantitative estimate of drug-likeness (QED) is 0.471. The third-order valence-corrected chi connectivity index (χ3v) is 4.35. The van der Waals surface area contributed by atoms with Crippen LogP contribution in [-0.4, -0.2) is 30.9 Å². The third kappa shape index (κ3) is 2.72.